The van der Waals surface area contributed by atoms with Crippen LogP contribution in [0.4, 0.5) is 26.3 Å². The maximum Gasteiger partial charge on any atom is 0.426 e. The summed E-state index contributed by atoms with van der Waals surface area (Å²) in [6, 6.07) is 0. The molecule has 1 N–H and O–H groups in total. The molecular weight excluding hydrogens is 238 g/mol. The smallest absolute Gasteiger partial charge is 0.373 e. The molecule has 7 heteroatoms. The van der Waals surface area contributed by atoms with E-state index in [2.05, 4.69) is 0 Å². The third kappa shape index (κ3) is 2.05. The molecule has 0 saturated heterocycles. The predicted octanol–water partition coefficient (Wildman–Crippen LogP) is 3.20. The van der Waals surface area contributed by atoms with Crippen LogP contribution in [0.1, 0.15) is 19.3 Å². The van der Waals surface area contributed by atoms with Gasteiger partial charge in [0, 0.05) is 5.92 Å². The lowest BCUT2D eigenvalue weighted by Crippen LogP contribution is -2.61. The Kier molecular flexibility index (Phi) is 3.29. The van der Waals surface area contributed by atoms with Gasteiger partial charge >= 0.3 is 12.4 Å². The van der Waals surface area contributed by atoms with Crippen molar-refractivity contribution in [3.8, 4) is 0 Å². The van der Waals surface area contributed by atoms with Crippen LogP contribution in [0.25, 0.3) is 0 Å². The first-order valence-electron chi connectivity index (χ1n) is 4.63. The topological polar surface area (TPSA) is 20.2 Å². The minimum absolute atomic E-state index is 0.204. The average Bonchev–Trinajstić information content (AvgIpc) is 2.14. The molecule has 94 valence electrons. The van der Waals surface area contributed by atoms with E-state index in [-0.39, 0.29) is 12.8 Å². The van der Waals surface area contributed by atoms with Crippen molar-refractivity contribution in [2.45, 2.75) is 37.2 Å². The Bertz CT molecular complexity index is 263. The van der Waals surface area contributed by atoms with Gasteiger partial charge in [-0.25, -0.2) is 0 Å². The van der Waals surface area contributed by atoms with E-state index in [1.54, 1.807) is 0 Å². The second-order valence-electron chi connectivity index (χ2n) is 3.73. The molecule has 1 atom stereocenters. The zero-order valence-electron chi connectivity index (χ0n) is 8.07. The van der Waals surface area contributed by atoms with Gasteiger partial charge in [-0.2, -0.15) is 26.3 Å². The minimum atomic E-state index is -5.72. The summed E-state index contributed by atoms with van der Waals surface area (Å²) in [5.74, 6) is -1.96. The standard InChI is InChI=1S/C9H10F6O/c10-8(11,12)7(16,9(13,14)15)6-4-2-1-3-5-6/h2,4,6,16H,1,3,5H2/t6-/m0/s1. The number of alkyl halides is 6. The fourth-order valence-corrected chi connectivity index (χ4v) is 1.74. The summed E-state index contributed by atoms with van der Waals surface area (Å²) in [7, 11) is 0. The minimum Gasteiger partial charge on any atom is -0.373 e. The van der Waals surface area contributed by atoms with Crippen molar-refractivity contribution < 1.29 is 31.4 Å². The molecule has 0 saturated carbocycles. The van der Waals surface area contributed by atoms with Crippen LogP contribution in [0.2, 0.25) is 0 Å². The largest absolute Gasteiger partial charge is 0.426 e. The summed E-state index contributed by atoms with van der Waals surface area (Å²) < 4.78 is 74.3. The van der Waals surface area contributed by atoms with Crippen LogP contribution in [0, 0.1) is 5.92 Å². The number of allylic oxidation sites excluding steroid dienone is 1. The molecule has 0 radical (unpaired) electrons. The van der Waals surface area contributed by atoms with Crippen molar-refractivity contribution in [3.05, 3.63) is 12.2 Å². The molecule has 0 amide bonds. The third-order valence-electron chi connectivity index (χ3n) is 2.66. The molecule has 16 heavy (non-hydrogen) atoms. The summed E-state index contributed by atoms with van der Waals surface area (Å²) in [4.78, 5) is 0. The van der Waals surface area contributed by atoms with Crippen LogP contribution in [-0.4, -0.2) is 23.1 Å². The van der Waals surface area contributed by atoms with Crippen molar-refractivity contribution in [3.63, 3.8) is 0 Å². The SMILES string of the molecule is OC([C@H]1C=CCCC1)(C(F)(F)F)C(F)(F)F. The molecule has 0 aromatic carbocycles. The summed E-state index contributed by atoms with van der Waals surface area (Å²) in [5.41, 5.74) is -4.64. The third-order valence-corrected chi connectivity index (χ3v) is 2.66. The number of rotatable bonds is 1. The van der Waals surface area contributed by atoms with E-state index in [9.17, 15) is 26.3 Å². The predicted molar refractivity (Wildman–Crippen MR) is 43.5 cm³/mol. The first kappa shape index (κ1) is 13.3. The maximum absolute atomic E-state index is 12.4. The van der Waals surface area contributed by atoms with Gasteiger partial charge in [0.1, 0.15) is 0 Å². The summed E-state index contributed by atoms with van der Waals surface area (Å²) >= 11 is 0. The fourth-order valence-electron chi connectivity index (χ4n) is 1.74. The fraction of sp³-hybridized carbons (Fsp3) is 0.778. The van der Waals surface area contributed by atoms with Crippen LogP contribution in [0.5, 0.6) is 0 Å². The van der Waals surface area contributed by atoms with Gasteiger partial charge in [-0.3, -0.25) is 0 Å². The van der Waals surface area contributed by atoms with Gasteiger partial charge in [0.05, 0.1) is 0 Å². The Morgan fingerprint density at radius 3 is 1.81 bits per heavy atom. The highest BCUT2D eigenvalue weighted by molar-refractivity contribution is 5.09. The Labute approximate surface area is 87.8 Å². The lowest BCUT2D eigenvalue weighted by atomic mass is 9.79. The molecule has 0 aromatic heterocycles. The first-order chi connectivity index (χ1) is 7.11. The van der Waals surface area contributed by atoms with Crippen molar-refractivity contribution in [1.29, 1.82) is 0 Å². The number of aliphatic hydroxyl groups is 1. The van der Waals surface area contributed by atoms with Gasteiger partial charge in [0.25, 0.3) is 5.60 Å². The van der Waals surface area contributed by atoms with Gasteiger partial charge in [-0.05, 0) is 19.3 Å². The van der Waals surface area contributed by atoms with E-state index < -0.39 is 23.9 Å². The van der Waals surface area contributed by atoms with Crippen LogP contribution in [0.15, 0.2) is 12.2 Å². The Hall–Kier alpha value is -0.720. The van der Waals surface area contributed by atoms with Crippen LogP contribution >= 0.6 is 0 Å². The Balaban J connectivity index is 3.14. The zero-order chi connectivity index (χ0) is 12.6. The van der Waals surface area contributed by atoms with E-state index in [0.717, 1.165) is 6.08 Å². The average molecular weight is 248 g/mol. The van der Waals surface area contributed by atoms with E-state index in [4.69, 9.17) is 5.11 Å². The van der Waals surface area contributed by atoms with Crippen molar-refractivity contribution in [2.24, 2.45) is 5.92 Å². The molecule has 1 aliphatic rings. The molecule has 0 fully saturated rings. The highest BCUT2D eigenvalue weighted by atomic mass is 19.4. The van der Waals surface area contributed by atoms with E-state index in [1.165, 1.54) is 6.08 Å². The molecule has 0 bridgehead atoms. The molecule has 0 unspecified atom stereocenters. The summed E-state index contributed by atoms with van der Waals surface area (Å²) in [6.45, 7) is 0. The zero-order valence-corrected chi connectivity index (χ0v) is 8.07. The van der Waals surface area contributed by atoms with Gasteiger partial charge in [0.2, 0.25) is 0 Å². The highest BCUT2D eigenvalue weighted by Gasteiger charge is 2.73. The van der Waals surface area contributed by atoms with Gasteiger partial charge in [-0.15, -0.1) is 0 Å². The number of halogens is 6. The summed E-state index contributed by atoms with van der Waals surface area (Å²) in [6.07, 6.45) is -9.11. The number of hydrogen-bond acceptors (Lipinski definition) is 1. The van der Waals surface area contributed by atoms with Crippen molar-refractivity contribution in [2.75, 3.05) is 0 Å². The van der Waals surface area contributed by atoms with Crippen LogP contribution in [-0.2, 0) is 0 Å². The van der Waals surface area contributed by atoms with Gasteiger partial charge in [-0.1, -0.05) is 12.2 Å². The molecule has 0 spiro atoms. The van der Waals surface area contributed by atoms with E-state index in [0.29, 0.717) is 6.42 Å². The monoisotopic (exact) mass is 248 g/mol. The number of hydrogen-bond donors (Lipinski definition) is 1. The molecule has 1 rings (SSSR count). The van der Waals surface area contributed by atoms with E-state index in [1.807, 2.05) is 0 Å². The molecular formula is C9H10F6O. The Morgan fingerprint density at radius 2 is 1.50 bits per heavy atom. The van der Waals surface area contributed by atoms with Gasteiger partial charge in [0.15, 0.2) is 0 Å². The highest BCUT2D eigenvalue weighted by Crippen LogP contribution is 2.50. The molecule has 0 aromatic rings. The quantitative estimate of drug-likeness (QED) is 0.558. The van der Waals surface area contributed by atoms with Crippen molar-refractivity contribution in [1.82, 2.24) is 0 Å². The molecule has 0 heterocycles. The van der Waals surface area contributed by atoms with Crippen molar-refractivity contribution >= 4 is 0 Å². The molecule has 0 aliphatic heterocycles. The molecule has 1 aliphatic carbocycles. The lowest BCUT2D eigenvalue weighted by Gasteiger charge is -2.38. The summed E-state index contributed by atoms with van der Waals surface area (Å²) in [5, 5.41) is 9.01. The normalized spacial score (nSPS) is 23.6. The second kappa shape index (κ2) is 3.94. The van der Waals surface area contributed by atoms with E-state index >= 15 is 0 Å². The second-order valence-corrected chi connectivity index (χ2v) is 3.73. The maximum atomic E-state index is 12.4. The molecule has 1 nitrogen and oxygen atoms in total. The Morgan fingerprint density at radius 1 is 1.00 bits per heavy atom. The first-order valence-corrected chi connectivity index (χ1v) is 4.63. The van der Waals surface area contributed by atoms with Crippen LogP contribution < -0.4 is 0 Å². The lowest BCUT2D eigenvalue weighted by molar-refractivity contribution is -0.381. The van der Waals surface area contributed by atoms with Crippen LogP contribution in [0.3, 0.4) is 0 Å². The van der Waals surface area contributed by atoms with Gasteiger partial charge < -0.3 is 5.11 Å².